The molecule has 2 aromatic carbocycles. The van der Waals surface area contributed by atoms with Gasteiger partial charge in [-0.15, -0.1) is 0 Å². The highest BCUT2D eigenvalue weighted by Crippen LogP contribution is 2.32. The van der Waals surface area contributed by atoms with E-state index in [1.54, 1.807) is 6.21 Å². The molecule has 0 aliphatic carbocycles. The summed E-state index contributed by atoms with van der Waals surface area (Å²) in [5, 5.41) is 16.3. The van der Waals surface area contributed by atoms with Gasteiger partial charge in [0.25, 0.3) is 0 Å². The molecule has 0 amide bonds. The molecule has 0 bridgehead atoms. The van der Waals surface area contributed by atoms with Gasteiger partial charge in [0.15, 0.2) is 16.6 Å². The molecule has 0 radical (unpaired) electrons. The lowest BCUT2D eigenvalue weighted by atomic mass is 10.2. The third-order valence-corrected chi connectivity index (χ3v) is 4.40. The van der Waals surface area contributed by atoms with E-state index in [1.807, 2.05) is 54.4 Å². The first kappa shape index (κ1) is 19.5. The number of rotatable bonds is 7. The molecule has 0 fully saturated rings. The van der Waals surface area contributed by atoms with Gasteiger partial charge in [-0.1, -0.05) is 18.2 Å². The Morgan fingerprint density at radius 3 is 2.82 bits per heavy atom. The molecule has 2 aromatic rings. The fourth-order valence-electron chi connectivity index (χ4n) is 2.60. The van der Waals surface area contributed by atoms with Gasteiger partial charge < -0.3 is 19.7 Å². The largest absolute Gasteiger partial charge is 0.454 e. The lowest BCUT2D eigenvalue weighted by Crippen LogP contribution is -2.31. The summed E-state index contributed by atoms with van der Waals surface area (Å²) < 4.78 is 10.7. The molecule has 0 saturated heterocycles. The van der Waals surface area contributed by atoms with Gasteiger partial charge in [0.05, 0.1) is 18.7 Å². The predicted molar refractivity (Wildman–Crippen MR) is 113 cm³/mol. The summed E-state index contributed by atoms with van der Waals surface area (Å²) in [4.78, 5) is 2.04. The molecule has 1 aliphatic rings. The van der Waals surface area contributed by atoms with Crippen molar-refractivity contribution in [3.8, 4) is 17.6 Å². The molecule has 144 valence electrons. The molecule has 0 saturated carbocycles. The van der Waals surface area contributed by atoms with Crippen LogP contribution in [0.3, 0.4) is 0 Å². The molecule has 1 heterocycles. The zero-order valence-corrected chi connectivity index (χ0v) is 16.3. The van der Waals surface area contributed by atoms with Crippen LogP contribution in [0.25, 0.3) is 0 Å². The average Bonchev–Trinajstić information content (AvgIpc) is 3.19. The summed E-state index contributed by atoms with van der Waals surface area (Å²) in [7, 11) is 1.96. The molecular weight excluding hydrogens is 374 g/mol. The van der Waals surface area contributed by atoms with Crippen molar-refractivity contribution in [2.24, 2.45) is 5.10 Å². The van der Waals surface area contributed by atoms with Crippen LogP contribution in [0.5, 0.6) is 11.5 Å². The quantitative estimate of drug-likeness (QED) is 0.424. The van der Waals surface area contributed by atoms with Crippen molar-refractivity contribution >= 4 is 29.2 Å². The fourth-order valence-corrected chi connectivity index (χ4v) is 2.72. The second kappa shape index (κ2) is 9.58. The van der Waals surface area contributed by atoms with Crippen LogP contribution < -0.4 is 25.1 Å². The topological polar surface area (TPSA) is 81.9 Å². The number of hydrogen-bond acceptors (Lipinski definition) is 6. The highest BCUT2D eigenvalue weighted by atomic mass is 32.1. The number of thiocarbonyl (C=S) groups is 1. The number of fused-ring (bicyclic) bond motifs is 1. The predicted octanol–water partition coefficient (Wildman–Crippen LogP) is 2.76. The van der Waals surface area contributed by atoms with Gasteiger partial charge in [0.1, 0.15) is 0 Å². The number of anilines is 1. The molecular formula is C20H21N5O2S. The van der Waals surface area contributed by atoms with Crippen LogP contribution in [0.15, 0.2) is 47.6 Å². The van der Waals surface area contributed by atoms with Gasteiger partial charge in [-0.05, 0) is 47.6 Å². The maximum Gasteiger partial charge on any atom is 0.231 e. The minimum Gasteiger partial charge on any atom is -0.454 e. The van der Waals surface area contributed by atoms with Gasteiger partial charge in [0, 0.05) is 25.8 Å². The lowest BCUT2D eigenvalue weighted by Gasteiger charge is -2.17. The first-order valence-corrected chi connectivity index (χ1v) is 9.20. The van der Waals surface area contributed by atoms with Crippen molar-refractivity contribution in [2.45, 2.75) is 13.0 Å². The monoisotopic (exact) mass is 395 g/mol. The third kappa shape index (κ3) is 5.34. The van der Waals surface area contributed by atoms with Crippen molar-refractivity contribution in [3.05, 3.63) is 53.6 Å². The van der Waals surface area contributed by atoms with Gasteiger partial charge in [-0.3, -0.25) is 5.43 Å². The van der Waals surface area contributed by atoms with Gasteiger partial charge in [-0.25, -0.2) is 0 Å². The molecule has 8 heteroatoms. The number of hydrazone groups is 1. The smallest absolute Gasteiger partial charge is 0.231 e. The Balaban J connectivity index is 1.44. The summed E-state index contributed by atoms with van der Waals surface area (Å²) >= 11 is 5.24. The van der Waals surface area contributed by atoms with E-state index in [2.05, 4.69) is 21.9 Å². The fraction of sp³-hybridized carbons (Fsp3) is 0.250. The van der Waals surface area contributed by atoms with Gasteiger partial charge >= 0.3 is 0 Å². The zero-order chi connectivity index (χ0) is 19.8. The first-order valence-electron chi connectivity index (χ1n) is 8.79. The van der Waals surface area contributed by atoms with E-state index >= 15 is 0 Å². The molecule has 1 aliphatic heterocycles. The molecule has 28 heavy (non-hydrogen) atoms. The number of ether oxygens (including phenoxy) is 2. The van der Waals surface area contributed by atoms with E-state index in [9.17, 15) is 0 Å². The van der Waals surface area contributed by atoms with Crippen molar-refractivity contribution in [1.29, 1.82) is 5.26 Å². The van der Waals surface area contributed by atoms with Crippen molar-refractivity contribution in [1.82, 2.24) is 10.7 Å². The van der Waals surface area contributed by atoms with Crippen LogP contribution in [0.4, 0.5) is 5.69 Å². The summed E-state index contributed by atoms with van der Waals surface area (Å²) in [6, 6.07) is 15.8. The van der Waals surface area contributed by atoms with E-state index < -0.39 is 0 Å². The van der Waals surface area contributed by atoms with E-state index in [1.165, 1.54) is 0 Å². The summed E-state index contributed by atoms with van der Waals surface area (Å²) in [5.41, 5.74) is 5.85. The standard InChI is InChI=1S/C20H21N5O2S/c1-25(10-2-9-21)17-6-3-15(4-7-17)13-23-24-20(28)22-12-16-5-8-18-19(11-16)27-14-26-18/h3-8,11,13H,2,10,12,14H2,1H3,(H2,22,24,28)/b23-13-. The van der Waals surface area contributed by atoms with Gasteiger partial charge in [-0.2, -0.15) is 10.4 Å². The maximum atomic E-state index is 8.66. The van der Waals surface area contributed by atoms with Crippen LogP contribution in [0.2, 0.25) is 0 Å². The Kier molecular flexibility index (Phi) is 6.65. The summed E-state index contributed by atoms with van der Waals surface area (Å²) in [5.74, 6) is 1.51. The van der Waals surface area contributed by atoms with E-state index in [0.29, 0.717) is 24.6 Å². The van der Waals surface area contributed by atoms with Crippen LogP contribution in [-0.4, -0.2) is 31.7 Å². The lowest BCUT2D eigenvalue weighted by molar-refractivity contribution is 0.174. The second-order valence-electron chi connectivity index (χ2n) is 6.16. The highest BCUT2D eigenvalue weighted by Gasteiger charge is 2.12. The Labute approximate surface area is 169 Å². The Bertz CT molecular complexity index is 892. The molecule has 2 N–H and O–H groups in total. The van der Waals surface area contributed by atoms with Crippen LogP contribution >= 0.6 is 12.2 Å². The number of nitrogens with zero attached hydrogens (tertiary/aromatic N) is 3. The van der Waals surface area contributed by atoms with Crippen LogP contribution in [-0.2, 0) is 6.54 Å². The van der Waals surface area contributed by atoms with Crippen LogP contribution in [0.1, 0.15) is 17.5 Å². The van der Waals surface area contributed by atoms with Gasteiger partial charge in [0.2, 0.25) is 6.79 Å². The Morgan fingerprint density at radius 1 is 1.25 bits per heavy atom. The van der Waals surface area contributed by atoms with Crippen molar-refractivity contribution < 1.29 is 9.47 Å². The van der Waals surface area contributed by atoms with Crippen LogP contribution in [0, 0.1) is 11.3 Å². The third-order valence-electron chi connectivity index (χ3n) is 4.16. The van der Waals surface area contributed by atoms with Crippen molar-refractivity contribution in [2.75, 3.05) is 25.3 Å². The molecule has 7 nitrogen and oxygen atoms in total. The normalized spacial score (nSPS) is 11.9. The minimum absolute atomic E-state index is 0.262. The van der Waals surface area contributed by atoms with Crippen molar-refractivity contribution in [3.63, 3.8) is 0 Å². The summed E-state index contributed by atoms with van der Waals surface area (Å²) in [6.07, 6.45) is 2.20. The summed E-state index contributed by atoms with van der Waals surface area (Å²) in [6.45, 7) is 1.52. The number of nitrogens with one attached hydrogen (secondary N) is 2. The van der Waals surface area contributed by atoms with E-state index in [-0.39, 0.29) is 6.79 Å². The SMILES string of the molecule is CN(CCC#N)c1ccc(/C=N\NC(=S)NCc2ccc3c(c2)OCO3)cc1. The first-order chi connectivity index (χ1) is 13.7. The Hall–Kier alpha value is -3.31. The van der Waals surface area contributed by atoms with E-state index in [4.69, 9.17) is 27.0 Å². The number of benzene rings is 2. The number of hydrogen-bond donors (Lipinski definition) is 2. The number of nitriles is 1. The highest BCUT2D eigenvalue weighted by molar-refractivity contribution is 7.80. The second-order valence-corrected chi connectivity index (χ2v) is 6.57. The average molecular weight is 395 g/mol. The maximum absolute atomic E-state index is 8.66. The van der Waals surface area contributed by atoms with E-state index in [0.717, 1.165) is 28.3 Å². The molecule has 0 atom stereocenters. The minimum atomic E-state index is 0.262. The molecule has 0 aromatic heterocycles. The zero-order valence-electron chi connectivity index (χ0n) is 15.5. The molecule has 0 unspecified atom stereocenters. The molecule has 0 spiro atoms. The molecule has 3 rings (SSSR count). The Morgan fingerprint density at radius 2 is 2.04 bits per heavy atom.